The number of ether oxygens (including phenoxy) is 1. The first-order valence-electron chi connectivity index (χ1n) is 3.83. The lowest BCUT2D eigenvalue weighted by atomic mass is 10.0. The average Bonchev–Trinajstić information content (AvgIpc) is 2.22. The van der Waals surface area contributed by atoms with Crippen LogP contribution in [0.15, 0.2) is 0 Å². The Balaban J connectivity index is 4.31. The highest BCUT2D eigenvalue weighted by Gasteiger charge is 2.31. The SMILES string of the molecule is N=CO[C@@H](C=O)[C@@H](O)[C@@H](O)[C@H](O)CO. The van der Waals surface area contributed by atoms with E-state index in [2.05, 4.69) is 4.74 Å². The quantitative estimate of drug-likeness (QED) is 0.175. The second kappa shape index (κ2) is 6.44. The van der Waals surface area contributed by atoms with E-state index in [1.54, 1.807) is 0 Å². The Hall–Kier alpha value is -1.02. The number of aliphatic hydroxyl groups is 4. The average molecular weight is 207 g/mol. The van der Waals surface area contributed by atoms with Crippen LogP contribution in [-0.2, 0) is 9.53 Å². The molecule has 0 unspecified atom stereocenters. The standard InChI is InChI=1S/C7H13NO6/c8-3-14-5(2-10)7(13)6(12)4(11)1-9/h2-9,11-13H,1H2/t4-,5+,6+,7-/m1/s1. The van der Waals surface area contributed by atoms with Gasteiger partial charge in [-0.25, -0.2) is 0 Å². The van der Waals surface area contributed by atoms with Gasteiger partial charge in [0.25, 0.3) is 0 Å². The highest BCUT2D eigenvalue weighted by Crippen LogP contribution is 2.05. The number of hydrogen-bond acceptors (Lipinski definition) is 7. The van der Waals surface area contributed by atoms with Gasteiger partial charge in [-0.1, -0.05) is 0 Å². The van der Waals surface area contributed by atoms with Crippen molar-refractivity contribution in [2.24, 2.45) is 0 Å². The summed E-state index contributed by atoms with van der Waals surface area (Å²) in [5.41, 5.74) is 0. The van der Waals surface area contributed by atoms with Gasteiger partial charge in [0.15, 0.2) is 18.8 Å². The number of carbonyl (C=O) groups is 1. The van der Waals surface area contributed by atoms with E-state index in [4.69, 9.17) is 20.7 Å². The summed E-state index contributed by atoms with van der Waals surface area (Å²) in [6.07, 6.45) is -5.81. The summed E-state index contributed by atoms with van der Waals surface area (Å²) in [4.78, 5) is 10.3. The first-order valence-corrected chi connectivity index (χ1v) is 3.83. The molecule has 0 spiro atoms. The maximum Gasteiger partial charge on any atom is 0.183 e. The van der Waals surface area contributed by atoms with Gasteiger partial charge in [-0.05, 0) is 0 Å². The fourth-order valence-electron chi connectivity index (χ4n) is 0.802. The molecule has 0 radical (unpaired) electrons. The van der Waals surface area contributed by atoms with Crippen LogP contribution in [0.1, 0.15) is 0 Å². The van der Waals surface area contributed by atoms with Crippen LogP contribution in [-0.4, -0.2) is 64.1 Å². The van der Waals surface area contributed by atoms with Gasteiger partial charge < -0.3 is 25.2 Å². The van der Waals surface area contributed by atoms with Gasteiger partial charge in [-0.3, -0.25) is 10.2 Å². The Morgan fingerprint density at radius 3 is 2.21 bits per heavy atom. The number of aldehydes is 1. The molecule has 7 heteroatoms. The van der Waals surface area contributed by atoms with Gasteiger partial charge in [-0.15, -0.1) is 0 Å². The fourth-order valence-corrected chi connectivity index (χ4v) is 0.802. The molecule has 7 nitrogen and oxygen atoms in total. The van der Waals surface area contributed by atoms with E-state index in [1.807, 2.05) is 0 Å². The highest BCUT2D eigenvalue weighted by molar-refractivity contribution is 5.60. The van der Waals surface area contributed by atoms with Crippen molar-refractivity contribution in [2.45, 2.75) is 24.4 Å². The van der Waals surface area contributed by atoms with Gasteiger partial charge >= 0.3 is 0 Å². The topological polar surface area (TPSA) is 131 Å². The first-order chi connectivity index (χ1) is 6.58. The highest BCUT2D eigenvalue weighted by atomic mass is 16.5. The van der Waals surface area contributed by atoms with E-state index in [9.17, 15) is 9.90 Å². The van der Waals surface area contributed by atoms with E-state index in [0.29, 0.717) is 6.40 Å². The van der Waals surface area contributed by atoms with Crippen molar-refractivity contribution < 1.29 is 30.0 Å². The number of carbonyl (C=O) groups excluding carboxylic acids is 1. The van der Waals surface area contributed by atoms with Crippen LogP contribution in [0.2, 0.25) is 0 Å². The molecule has 0 heterocycles. The molecule has 0 rings (SSSR count). The minimum absolute atomic E-state index is 0.184. The summed E-state index contributed by atoms with van der Waals surface area (Å²) in [6.45, 7) is -0.756. The van der Waals surface area contributed by atoms with E-state index >= 15 is 0 Å². The van der Waals surface area contributed by atoms with Crippen LogP contribution in [0.4, 0.5) is 0 Å². The summed E-state index contributed by atoms with van der Waals surface area (Å²) >= 11 is 0. The summed E-state index contributed by atoms with van der Waals surface area (Å²) in [6, 6.07) is 0. The molecule has 0 aromatic rings. The van der Waals surface area contributed by atoms with Crippen molar-refractivity contribution in [3.8, 4) is 0 Å². The molecule has 0 aliphatic rings. The third-order valence-electron chi connectivity index (χ3n) is 1.63. The molecule has 0 saturated carbocycles. The Kier molecular flexibility index (Phi) is 5.97. The predicted molar refractivity (Wildman–Crippen MR) is 44.8 cm³/mol. The van der Waals surface area contributed by atoms with Crippen molar-refractivity contribution in [3.05, 3.63) is 0 Å². The molecule has 0 fully saturated rings. The molecule has 0 amide bonds. The number of rotatable bonds is 7. The number of hydrogen-bond donors (Lipinski definition) is 5. The maximum absolute atomic E-state index is 10.3. The molecule has 0 bridgehead atoms. The van der Waals surface area contributed by atoms with Crippen molar-refractivity contribution in [1.29, 1.82) is 5.41 Å². The lowest BCUT2D eigenvalue weighted by molar-refractivity contribution is -0.133. The lowest BCUT2D eigenvalue weighted by Crippen LogP contribution is -2.47. The van der Waals surface area contributed by atoms with Gasteiger partial charge in [0.05, 0.1) is 6.61 Å². The van der Waals surface area contributed by atoms with Crippen molar-refractivity contribution >= 4 is 12.7 Å². The molecule has 0 aliphatic heterocycles. The maximum atomic E-state index is 10.3. The Bertz CT molecular complexity index is 187. The van der Waals surface area contributed by atoms with E-state index in [-0.39, 0.29) is 6.29 Å². The van der Waals surface area contributed by atoms with Gasteiger partial charge in [-0.2, -0.15) is 0 Å². The summed E-state index contributed by atoms with van der Waals surface area (Å²) in [5.74, 6) is 0. The first kappa shape index (κ1) is 13.0. The van der Waals surface area contributed by atoms with Crippen LogP contribution in [0.25, 0.3) is 0 Å². The van der Waals surface area contributed by atoms with Crippen molar-refractivity contribution in [3.63, 3.8) is 0 Å². The van der Waals surface area contributed by atoms with E-state index < -0.39 is 31.0 Å². The third kappa shape index (κ3) is 3.38. The summed E-state index contributed by atoms with van der Waals surface area (Å²) in [5, 5.41) is 42.2. The lowest BCUT2D eigenvalue weighted by Gasteiger charge is -2.24. The summed E-state index contributed by atoms with van der Waals surface area (Å²) in [7, 11) is 0. The molecule has 4 atom stereocenters. The minimum atomic E-state index is -1.71. The van der Waals surface area contributed by atoms with Crippen LogP contribution >= 0.6 is 0 Å². The van der Waals surface area contributed by atoms with Crippen LogP contribution < -0.4 is 0 Å². The molecule has 0 aromatic heterocycles. The molecule has 5 N–H and O–H groups in total. The van der Waals surface area contributed by atoms with E-state index in [0.717, 1.165) is 0 Å². The number of nitrogens with one attached hydrogen (secondary N) is 1. The van der Waals surface area contributed by atoms with Crippen molar-refractivity contribution in [2.75, 3.05) is 6.61 Å². The molecular weight excluding hydrogens is 194 g/mol. The largest absolute Gasteiger partial charge is 0.470 e. The molecular formula is C7H13NO6. The normalized spacial score (nSPS) is 19.1. The monoisotopic (exact) mass is 207 g/mol. The van der Waals surface area contributed by atoms with Gasteiger partial charge in [0.2, 0.25) is 0 Å². The zero-order chi connectivity index (χ0) is 11.1. The predicted octanol–water partition coefficient (Wildman–Crippen LogP) is -2.75. The van der Waals surface area contributed by atoms with E-state index in [1.165, 1.54) is 0 Å². The fraction of sp³-hybridized carbons (Fsp3) is 0.714. The second-order valence-electron chi connectivity index (χ2n) is 2.59. The van der Waals surface area contributed by atoms with Crippen LogP contribution in [0, 0.1) is 5.41 Å². The molecule has 14 heavy (non-hydrogen) atoms. The Labute approximate surface area is 80.1 Å². The van der Waals surface area contributed by atoms with Crippen molar-refractivity contribution in [1.82, 2.24) is 0 Å². The zero-order valence-corrected chi connectivity index (χ0v) is 7.28. The van der Waals surface area contributed by atoms with Crippen LogP contribution in [0.3, 0.4) is 0 Å². The summed E-state index contributed by atoms with van der Waals surface area (Å²) < 4.78 is 4.34. The van der Waals surface area contributed by atoms with Crippen LogP contribution in [0.5, 0.6) is 0 Å². The second-order valence-corrected chi connectivity index (χ2v) is 2.59. The number of aliphatic hydroxyl groups excluding tert-OH is 4. The molecule has 0 saturated heterocycles. The minimum Gasteiger partial charge on any atom is -0.470 e. The molecule has 0 aliphatic carbocycles. The third-order valence-corrected chi connectivity index (χ3v) is 1.63. The van der Waals surface area contributed by atoms with Gasteiger partial charge in [0.1, 0.15) is 18.3 Å². The Morgan fingerprint density at radius 2 is 1.86 bits per heavy atom. The van der Waals surface area contributed by atoms with Gasteiger partial charge in [0, 0.05) is 0 Å². The Morgan fingerprint density at radius 1 is 1.29 bits per heavy atom. The molecule has 82 valence electrons. The zero-order valence-electron chi connectivity index (χ0n) is 7.28. The smallest absolute Gasteiger partial charge is 0.183 e. The molecule has 0 aromatic carbocycles.